The summed E-state index contributed by atoms with van der Waals surface area (Å²) < 4.78 is 0. The molecule has 5 heteroatoms. The van der Waals surface area contributed by atoms with Gasteiger partial charge in [-0.1, -0.05) is 30.9 Å². The minimum Gasteiger partial charge on any atom is -0.277 e. The van der Waals surface area contributed by atoms with E-state index in [1.165, 1.54) is 11.9 Å². The van der Waals surface area contributed by atoms with E-state index in [-0.39, 0.29) is 5.91 Å². The number of hydrogen-bond donors (Lipinski definition) is 2. The van der Waals surface area contributed by atoms with Gasteiger partial charge >= 0.3 is 0 Å². The number of hydrogen-bond acceptors (Lipinski definition) is 4. The molecule has 0 spiro atoms. The Kier molecular flexibility index (Phi) is 7.19. The first-order valence-corrected chi connectivity index (χ1v) is 8.65. The smallest absolute Gasteiger partial charge is 0.266 e. The van der Waals surface area contributed by atoms with Crippen molar-refractivity contribution in [1.82, 2.24) is 10.3 Å². The Morgan fingerprint density at radius 2 is 1.88 bits per heavy atom. The van der Waals surface area contributed by atoms with Gasteiger partial charge in [0.05, 0.1) is 5.70 Å². The van der Waals surface area contributed by atoms with Gasteiger partial charge in [0.15, 0.2) is 0 Å². The van der Waals surface area contributed by atoms with Crippen molar-refractivity contribution in [2.75, 3.05) is 0 Å². The molecular weight excluding hydrogens is 330 g/mol. The lowest BCUT2D eigenvalue weighted by atomic mass is 10.0. The van der Waals surface area contributed by atoms with E-state index < -0.39 is 0 Å². The summed E-state index contributed by atoms with van der Waals surface area (Å²) in [5.74, 6) is -0.210. The maximum Gasteiger partial charge on any atom is 0.266 e. The van der Waals surface area contributed by atoms with Gasteiger partial charge in [0.2, 0.25) is 0 Å². The van der Waals surface area contributed by atoms with Gasteiger partial charge in [0, 0.05) is 22.2 Å². The largest absolute Gasteiger partial charge is 0.277 e. The molecule has 0 aliphatic heterocycles. The Morgan fingerprint density at radius 1 is 1.16 bits per heavy atom. The van der Waals surface area contributed by atoms with E-state index >= 15 is 0 Å². The highest BCUT2D eigenvalue weighted by molar-refractivity contribution is 7.97. The van der Waals surface area contributed by atoms with E-state index in [1.54, 1.807) is 12.3 Å². The first kappa shape index (κ1) is 18.7. The molecule has 128 valence electrons. The molecule has 1 amide bonds. The first-order chi connectivity index (χ1) is 12.1. The van der Waals surface area contributed by atoms with Gasteiger partial charge in [-0.2, -0.15) is 4.83 Å². The standard InChI is InChI=1S/C20H21N3OS/c1-4-5-11-21-16(3)17-12-15(2)13-18(14-17)20(24)22-23-25-19-9-7-6-8-10-19/h4-14,23H,3H2,1-2H3,(H,22,24)/b5-4-,21-11?. The number of hydrazine groups is 1. The third-order valence-corrected chi connectivity index (χ3v) is 3.97. The molecule has 0 aliphatic rings. The summed E-state index contributed by atoms with van der Waals surface area (Å²) in [6, 6.07) is 15.3. The molecule has 0 radical (unpaired) electrons. The number of allylic oxidation sites excluding steroid dienone is 2. The van der Waals surface area contributed by atoms with E-state index in [4.69, 9.17) is 0 Å². The van der Waals surface area contributed by atoms with Crippen molar-refractivity contribution >= 4 is 29.8 Å². The molecule has 25 heavy (non-hydrogen) atoms. The van der Waals surface area contributed by atoms with Crippen LogP contribution in [-0.4, -0.2) is 12.1 Å². The van der Waals surface area contributed by atoms with Gasteiger partial charge < -0.3 is 0 Å². The van der Waals surface area contributed by atoms with Crippen molar-refractivity contribution in [2.45, 2.75) is 18.7 Å². The second kappa shape index (κ2) is 9.61. The van der Waals surface area contributed by atoms with Gasteiger partial charge in [0.25, 0.3) is 5.91 Å². The molecule has 4 nitrogen and oxygen atoms in total. The average Bonchev–Trinajstić information content (AvgIpc) is 2.62. The molecule has 0 unspecified atom stereocenters. The van der Waals surface area contributed by atoms with Gasteiger partial charge in [-0.05, 0) is 67.8 Å². The zero-order chi connectivity index (χ0) is 18.1. The maximum atomic E-state index is 12.4. The minimum atomic E-state index is -0.210. The van der Waals surface area contributed by atoms with E-state index in [2.05, 4.69) is 21.8 Å². The number of aliphatic imine (C=N–C) groups is 1. The minimum absolute atomic E-state index is 0.210. The van der Waals surface area contributed by atoms with Crippen molar-refractivity contribution in [3.8, 4) is 0 Å². The Bertz CT molecular complexity index is 798. The second-order valence-corrected chi connectivity index (χ2v) is 6.19. The SMILES string of the molecule is C=C(N=C/C=C\C)c1cc(C)cc(C(=O)NNSc2ccccc2)c1. The lowest BCUT2D eigenvalue weighted by molar-refractivity contribution is 0.0947. The number of nitrogens with one attached hydrogen (secondary N) is 2. The molecule has 2 N–H and O–H groups in total. The third-order valence-electron chi connectivity index (χ3n) is 3.26. The summed E-state index contributed by atoms with van der Waals surface area (Å²) in [4.78, 5) is 20.5. The summed E-state index contributed by atoms with van der Waals surface area (Å²) in [7, 11) is 0. The van der Waals surface area contributed by atoms with Crippen molar-refractivity contribution in [3.63, 3.8) is 0 Å². The van der Waals surface area contributed by atoms with Crippen LogP contribution in [0.15, 0.2) is 77.1 Å². The van der Waals surface area contributed by atoms with Crippen LogP contribution in [0.5, 0.6) is 0 Å². The topological polar surface area (TPSA) is 53.5 Å². The van der Waals surface area contributed by atoms with Crippen molar-refractivity contribution < 1.29 is 4.79 Å². The molecule has 2 aromatic carbocycles. The highest BCUT2D eigenvalue weighted by Crippen LogP contribution is 2.18. The molecule has 0 aliphatic carbocycles. The van der Waals surface area contributed by atoms with Crippen LogP contribution in [0.1, 0.15) is 28.4 Å². The van der Waals surface area contributed by atoms with Crippen LogP contribution >= 0.6 is 11.9 Å². The molecule has 0 atom stereocenters. The summed E-state index contributed by atoms with van der Waals surface area (Å²) in [5, 5.41) is 0. The van der Waals surface area contributed by atoms with Crippen molar-refractivity contribution in [2.24, 2.45) is 4.99 Å². The zero-order valence-corrected chi connectivity index (χ0v) is 15.1. The molecule has 0 saturated heterocycles. The zero-order valence-electron chi connectivity index (χ0n) is 14.3. The van der Waals surface area contributed by atoms with Gasteiger partial charge in [0.1, 0.15) is 0 Å². The van der Waals surface area contributed by atoms with Crippen molar-refractivity contribution in [1.29, 1.82) is 0 Å². The number of carbonyl (C=O) groups excluding carboxylic acids is 1. The highest BCUT2D eigenvalue weighted by Gasteiger charge is 2.09. The van der Waals surface area contributed by atoms with Gasteiger partial charge in [-0.25, -0.2) is 0 Å². The van der Waals surface area contributed by atoms with E-state index in [1.807, 2.05) is 68.5 Å². The molecular formula is C20H21N3OS. The Balaban J connectivity index is 2.02. The highest BCUT2D eigenvalue weighted by atomic mass is 32.2. The van der Waals surface area contributed by atoms with Crippen LogP contribution in [0.4, 0.5) is 0 Å². The van der Waals surface area contributed by atoms with E-state index in [9.17, 15) is 4.79 Å². The molecule has 0 aromatic heterocycles. The van der Waals surface area contributed by atoms with Crippen LogP contribution < -0.4 is 10.3 Å². The van der Waals surface area contributed by atoms with Gasteiger partial charge in [-0.15, -0.1) is 0 Å². The van der Waals surface area contributed by atoms with Crippen LogP contribution in [0.2, 0.25) is 0 Å². The van der Waals surface area contributed by atoms with Crippen LogP contribution in [0, 0.1) is 6.92 Å². The van der Waals surface area contributed by atoms with Crippen LogP contribution in [0.25, 0.3) is 5.70 Å². The summed E-state index contributed by atoms with van der Waals surface area (Å²) >= 11 is 1.34. The Hall–Kier alpha value is -2.63. The predicted octanol–water partition coefficient (Wildman–Crippen LogP) is 4.55. The number of aryl methyl sites for hydroxylation is 1. The van der Waals surface area contributed by atoms with Crippen LogP contribution in [0.3, 0.4) is 0 Å². The lowest BCUT2D eigenvalue weighted by Crippen LogP contribution is -2.32. The van der Waals surface area contributed by atoms with Crippen LogP contribution in [-0.2, 0) is 0 Å². The molecule has 0 fully saturated rings. The molecule has 2 aromatic rings. The molecule has 0 saturated carbocycles. The van der Waals surface area contributed by atoms with Crippen molar-refractivity contribution in [3.05, 3.63) is 84.0 Å². The fourth-order valence-corrected chi connectivity index (χ4v) is 2.62. The number of carbonyl (C=O) groups is 1. The number of rotatable bonds is 7. The molecule has 2 rings (SSSR count). The summed E-state index contributed by atoms with van der Waals surface area (Å²) in [6.45, 7) is 7.82. The number of benzene rings is 2. The van der Waals surface area contributed by atoms with Gasteiger partial charge in [-0.3, -0.25) is 15.2 Å². The predicted molar refractivity (Wildman–Crippen MR) is 106 cm³/mol. The number of nitrogens with zero attached hydrogens (tertiary/aromatic N) is 1. The maximum absolute atomic E-state index is 12.4. The first-order valence-electron chi connectivity index (χ1n) is 7.83. The number of amides is 1. The average molecular weight is 351 g/mol. The van der Waals surface area contributed by atoms with E-state index in [0.717, 1.165) is 16.0 Å². The Morgan fingerprint density at radius 3 is 2.60 bits per heavy atom. The normalized spacial score (nSPS) is 11.1. The Labute approximate surface area is 152 Å². The second-order valence-electron chi connectivity index (χ2n) is 5.31. The third kappa shape index (κ3) is 6.06. The summed E-state index contributed by atoms with van der Waals surface area (Å²) in [6.07, 6.45) is 5.41. The molecule has 0 bridgehead atoms. The fourth-order valence-electron chi connectivity index (χ4n) is 2.07. The molecule has 0 heterocycles. The quantitative estimate of drug-likeness (QED) is 0.437. The monoisotopic (exact) mass is 351 g/mol. The summed E-state index contributed by atoms with van der Waals surface area (Å²) in [5.41, 5.74) is 5.65. The fraction of sp³-hybridized carbons (Fsp3) is 0.100. The van der Waals surface area contributed by atoms with E-state index in [0.29, 0.717) is 11.3 Å². The lowest BCUT2D eigenvalue weighted by Gasteiger charge is -2.09.